The van der Waals surface area contributed by atoms with Gasteiger partial charge in [0.2, 0.25) is 21.9 Å². The Kier molecular flexibility index (Phi) is 5.09. The molecule has 2 heterocycles. The Morgan fingerprint density at radius 3 is 2.58 bits per heavy atom. The minimum Gasteiger partial charge on any atom is -0.480 e. The number of benzene rings is 1. The largest absolute Gasteiger partial charge is 0.480 e. The first-order chi connectivity index (χ1) is 15.4. The van der Waals surface area contributed by atoms with Crippen molar-refractivity contribution in [3.63, 3.8) is 0 Å². The van der Waals surface area contributed by atoms with Crippen LogP contribution in [0.4, 0.5) is 10.1 Å². The summed E-state index contributed by atoms with van der Waals surface area (Å²) < 4.78 is 45.9. The van der Waals surface area contributed by atoms with Crippen LogP contribution in [0.1, 0.15) is 41.5 Å². The average molecular weight is 478 g/mol. The molecule has 1 fully saturated rings. The molecule has 4 N–H and O–H groups in total. The number of hydrogen-bond acceptors (Lipinski definition) is 9. The van der Waals surface area contributed by atoms with Gasteiger partial charge in [-0.1, -0.05) is 0 Å². The minimum atomic E-state index is -3.89. The first-order valence-corrected chi connectivity index (χ1v) is 11.4. The molecule has 0 saturated heterocycles. The Morgan fingerprint density at radius 2 is 2.00 bits per heavy atom. The van der Waals surface area contributed by atoms with Gasteiger partial charge >= 0.3 is 0 Å². The predicted octanol–water partition coefficient (Wildman–Crippen LogP) is 0.791. The summed E-state index contributed by atoms with van der Waals surface area (Å²) in [6, 6.07) is 3.74. The highest BCUT2D eigenvalue weighted by atomic mass is 32.2. The third kappa shape index (κ3) is 3.14. The second-order valence-corrected chi connectivity index (χ2v) is 10.5. The molecule has 1 aliphatic heterocycles. The number of hydrogen-bond donors (Lipinski definition) is 2. The molecular weight excluding hydrogens is 453 g/mol. The van der Waals surface area contributed by atoms with E-state index in [4.69, 9.17) is 16.3 Å². The van der Waals surface area contributed by atoms with Gasteiger partial charge in [-0.05, 0) is 44.9 Å². The van der Waals surface area contributed by atoms with E-state index in [1.165, 1.54) is 39.4 Å². The number of aromatic nitrogens is 2. The molecule has 2 aromatic rings. The van der Waals surface area contributed by atoms with Crippen LogP contribution in [0.25, 0.3) is 0 Å². The number of halogens is 1. The normalized spacial score (nSPS) is 22.6. The highest BCUT2D eigenvalue weighted by Crippen LogP contribution is 2.60. The van der Waals surface area contributed by atoms with Crippen LogP contribution in [-0.2, 0) is 15.6 Å². The maximum Gasteiger partial charge on any atom is 0.292 e. The van der Waals surface area contributed by atoms with Gasteiger partial charge in [0.05, 0.1) is 24.7 Å². The van der Waals surface area contributed by atoms with Crippen molar-refractivity contribution >= 4 is 27.6 Å². The summed E-state index contributed by atoms with van der Waals surface area (Å²) in [4.78, 5) is 25.5. The summed E-state index contributed by atoms with van der Waals surface area (Å²) in [6.45, 7) is 3.10. The van der Waals surface area contributed by atoms with Crippen LogP contribution in [0.5, 0.6) is 5.88 Å². The summed E-state index contributed by atoms with van der Waals surface area (Å²) in [5.41, 5.74) is 4.74. The summed E-state index contributed by atoms with van der Waals surface area (Å²) >= 11 is 0. The summed E-state index contributed by atoms with van der Waals surface area (Å²) in [5.74, 6) is 4.67. The molecule has 11 nitrogen and oxygen atoms in total. The van der Waals surface area contributed by atoms with Gasteiger partial charge in [0, 0.05) is 12.6 Å². The maximum absolute atomic E-state index is 15.1. The van der Waals surface area contributed by atoms with E-state index in [1.54, 1.807) is 6.92 Å². The van der Waals surface area contributed by atoms with Crippen LogP contribution in [0.2, 0.25) is 0 Å². The third-order valence-corrected chi connectivity index (χ3v) is 9.12. The maximum atomic E-state index is 15.1. The number of aliphatic imine (C=N–C) groups is 1. The lowest BCUT2D eigenvalue weighted by Crippen LogP contribution is -2.58. The van der Waals surface area contributed by atoms with E-state index in [1.807, 2.05) is 0 Å². The van der Waals surface area contributed by atoms with Gasteiger partial charge in [-0.25, -0.2) is 42.9 Å². The van der Waals surface area contributed by atoms with Crippen molar-refractivity contribution in [1.82, 2.24) is 14.3 Å². The van der Waals surface area contributed by atoms with E-state index >= 15 is 4.39 Å². The molecule has 4 rings (SSSR count). The van der Waals surface area contributed by atoms with Crippen molar-refractivity contribution in [2.24, 2.45) is 16.6 Å². The van der Waals surface area contributed by atoms with E-state index in [-0.39, 0.29) is 28.8 Å². The van der Waals surface area contributed by atoms with Crippen molar-refractivity contribution < 1.29 is 22.3 Å². The molecule has 1 spiro atoms. The zero-order chi connectivity index (χ0) is 24.3. The predicted molar refractivity (Wildman–Crippen MR) is 118 cm³/mol. The van der Waals surface area contributed by atoms with Crippen molar-refractivity contribution in [3.8, 4) is 5.88 Å². The Labute approximate surface area is 190 Å². The smallest absolute Gasteiger partial charge is 0.292 e. The zero-order valence-corrected chi connectivity index (χ0v) is 19.4. The third-order valence-electron chi connectivity index (χ3n) is 6.41. The van der Waals surface area contributed by atoms with Crippen LogP contribution in [-0.4, -0.2) is 53.5 Å². The highest BCUT2D eigenvalue weighted by molar-refractivity contribution is 7.91. The van der Waals surface area contributed by atoms with Crippen molar-refractivity contribution in [1.29, 1.82) is 0 Å². The molecule has 0 radical (unpaired) electrons. The van der Waals surface area contributed by atoms with E-state index in [0.29, 0.717) is 18.5 Å². The van der Waals surface area contributed by atoms with Crippen LogP contribution >= 0.6 is 0 Å². The SMILES string of the molecule is COc1cnc(C(=O)N(N)c2ccc(F)c([C@@]3(C)N=C(N)N(C)S(=O)(=O)C34CC4)c2)c(C)n1. The summed E-state index contributed by atoms with van der Waals surface area (Å²) in [5, 5.41) is 0.798. The molecular formula is C20H24FN7O4S. The number of amides is 1. The van der Waals surface area contributed by atoms with Gasteiger partial charge in [0.15, 0.2) is 5.69 Å². The van der Waals surface area contributed by atoms with Gasteiger partial charge in [0.1, 0.15) is 16.1 Å². The van der Waals surface area contributed by atoms with E-state index in [2.05, 4.69) is 15.0 Å². The van der Waals surface area contributed by atoms with E-state index in [0.717, 1.165) is 15.4 Å². The molecule has 1 aromatic heterocycles. The molecule has 1 saturated carbocycles. The quantitative estimate of drug-likeness (QED) is 0.372. The Balaban J connectivity index is 1.79. The number of ether oxygens (including phenoxy) is 1. The second-order valence-electron chi connectivity index (χ2n) is 8.19. The molecule has 13 heteroatoms. The van der Waals surface area contributed by atoms with Crippen LogP contribution in [0, 0.1) is 12.7 Å². The Bertz CT molecular complexity index is 1300. The number of hydrazine groups is 1. The number of sulfonamides is 1. The lowest BCUT2D eigenvalue weighted by molar-refractivity contribution is 0.0980. The molecule has 1 aliphatic carbocycles. The molecule has 1 aromatic carbocycles. The van der Waals surface area contributed by atoms with Crippen LogP contribution in [0.3, 0.4) is 0 Å². The molecule has 176 valence electrons. The minimum absolute atomic E-state index is 0.0156. The fraction of sp³-hybridized carbons (Fsp3) is 0.400. The number of guanidine groups is 1. The van der Waals surface area contributed by atoms with Crippen molar-refractivity contribution in [2.45, 2.75) is 37.0 Å². The van der Waals surface area contributed by atoms with Gasteiger partial charge in [-0.3, -0.25) is 4.79 Å². The van der Waals surface area contributed by atoms with Crippen molar-refractivity contribution in [2.75, 3.05) is 19.2 Å². The molecule has 1 amide bonds. The topological polar surface area (TPSA) is 157 Å². The number of nitrogens with zero attached hydrogens (tertiary/aromatic N) is 5. The second kappa shape index (κ2) is 7.35. The van der Waals surface area contributed by atoms with Gasteiger partial charge in [0.25, 0.3) is 5.91 Å². The van der Waals surface area contributed by atoms with Crippen molar-refractivity contribution in [3.05, 3.63) is 47.2 Å². The highest BCUT2D eigenvalue weighted by Gasteiger charge is 2.70. The fourth-order valence-electron chi connectivity index (χ4n) is 4.24. The lowest BCUT2D eigenvalue weighted by atomic mass is 9.86. The Morgan fingerprint density at radius 1 is 1.33 bits per heavy atom. The van der Waals surface area contributed by atoms with Crippen LogP contribution in [0.15, 0.2) is 29.4 Å². The monoisotopic (exact) mass is 477 g/mol. The fourth-order valence-corrected chi connectivity index (χ4v) is 6.33. The number of rotatable bonds is 4. The lowest BCUT2D eigenvalue weighted by Gasteiger charge is -2.42. The van der Waals surface area contributed by atoms with E-state index < -0.39 is 32.0 Å². The summed E-state index contributed by atoms with van der Waals surface area (Å²) in [6.07, 6.45) is 1.87. The first kappa shape index (κ1) is 22.9. The summed E-state index contributed by atoms with van der Waals surface area (Å²) in [7, 11) is -1.14. The molecule has 0 unspecified atom stereocenters. The number of carbonyl (C=O) groups is 1. The standard InChI is InChI=1S/C20H24FN7O4S/c1-11-16(24-10-15(25-11)32-4)17(29)28(23)12-5-6-14(21)13(9-12)19(2)20(7-8-20)33(30,31)27(3)18(22)26-19/h5-6,9-10H,7-8,23H2,1-4H3,(H2,22,26)/t19-/m1/s1. The number of anilines is 1. The van der Waals surface area contributed by atoms with Gasteiger partial charge in [-0.15, -0.1) is 0 Å². The Hall–Kier alpha value is -3.32. The van der Waals surface area contributed by atoms with E-state index in [9.17, 15) is 13.2 Å². The molecule has 0 bridgehead atoms. The molecule has 2 aliphatic rings. The van der Waals surface area contributed by atoms with Gasteiger partial charge in [-0.2, -0.15) is 0 Å². The number of nitrogens with two attached hydrogens (primary N) is 2. The first-order valence-electron chi connectivity index (χ1n) is 10.0. The van der Waals surface area contributed by atoms with Crippen LogP contribution < -0.4 is 21.3 Å². The zero-order valence-electron chi connectivity index (χ0n) is 18.5. The van der Waals surface area contributed by atoms with Gasteiger partial charge < -0.3 is 10.5 Å². The number of aryl methyl sites for hydroxylation is 1. The average Bonchev–Trinajstić information content (AvgIpc) is 3.60. The number of carbonyl (C=O) groups excluding carboxylic acids is 1. The molecule has 1 atom stereocenters. The molecule has 33 heavy (non-hydrogen) atoms. The number of methoxy groups -OCH3 is 1.